The van der Waals surface area contributed by atoms with Gasteiger partial charge in [-0.15, -0.1) is 0 Å². The van der Waals surface area contributed by atoms with Crippen LogP contribution in [0.1, 0.15) is 6.42 Å². The van der Waals surface area contributed by atoms with Crippen LogP contribution in [-0.2, 0) is 9.59 Å². The molecule has 2 aromatic rings. The lowest BCUT2D eigenvalue weighted by atomic mass is 10.1. The summed E-state index contributed by atoms with van der Waals surface area (Å²) in [5.41, 5.74) is 1.22. The fourth-order valence-corrected chi connectivity index (χ4v) is 3.51. The van der Waals surface area contributed by atoms with Crippen LogP contribution in [0, 0.1) is 5.92 Å². The summed E-state index contributed by atoms with van der Waals surface area (Å²) >= 11 is 15.4. The molecule has 1 fully saturated rings. The zero-order chi connectivity index (χ0) is 17.3. The molecule has 3 rings (SSSR count). The molecule has 2 aromatic carbocycles. The van der Waals surface area contributed by atoms with E-state index in [-0.39, 0.29) is 18.2 Å². The molecule has 7 heteroatoms. The molecule has 1 aliphatic rings. The van der Waals surface area contributed by atoms with Crippen LogP contribution in [0.3, 0.4) is 0 Å². The minimum absolute atomic E-state index is 0.0979. The third-order valence-electron chi connectivity index (χ3n) is 3.80. The van der Waals surface area contributed by atoms with Crippen LogP contribution in [0.15, 0.2) is 46.9 Å². The van der Waals surface area contributed by atoms with Gasteiger partial charge in [-0.3, -0.25) is 9.59 Å². The number of carbonyl (C=O) groups excluding carboxylic acids is 2. The van der Waals surface area contributed by atoms with Crippen molar-refractivity contribution in [3.05, 3.63) is 57.0 Å². The van der Waals surface area contributed by atoms with Crippen molar-refractivity contribution in [2.24, 2.45) is 5.92 Å². The van der Waals surface area contributed by atoms with Gasteiger partial charge in [-0.2, -0.15) is 0 Å². The Morgan fingerprint density at radius 2 is 2.00 bits per heavy atom. The average molecular weight is 428 g/mol. The molecule has 1 saturated heterocycles. The van der Waals surface area contributed by atoms with Crippen LogP contribution in [0.4, 0.5) is 11.4 Å². The van der Waals surface area contributed by atoms with Gasteiger partial charge in [0, 0.05) is 28.1 Å². The minimum Gasteiger partial charge on any atom is -0.324 e. The first-order valence-electron chi connectivity index (χ1n) is 7.26. The molecule has 1 unspecified atom stereocenters. The van der Waals surface area contributed by atoms with E-state index in [0.29, 0.717) is 28.0 Å². The predicted molar refractivity (Wildman–Crippen MR) is 99.7 cm³/mol. The fourth-order valence-electron chi connectivity index (χ4n) is 2.60. The summed E-state index contributed by atoms with van der Waals surface area (Å²) in [5.74, 6) is -0.757. The summed E-state index contributed by atoms with van der Waals surface area (Å²) in [7, 11) is 0. The Kier molecular flexibility index (Phi) is 5.13. The second kappa shape index (κ2) is 7.13. The molecule has 0 aromatic heterocycles. The number of nitrogens with one attached hydrogen (secondary N) is 1. The van der Waals surface area contributed by atoms with Gasteiger partial charge in [-0.05, 0) is 36.4 Å². The van der Waals surface area contributed by atoms with E-state index in [1.807, 2.05) is 0 Å². The highest BCUT2D eigenvalue weighted by molar-refractivity contribution is 9.10. The number of halogens is 3. The van der Waals surface area contributed by atoms with Gasteiger partial charge >= 0.3 is 0 Å². The standard InChI is InChI=1S/C17H13BrCl2N2O2/c18-11-4-5-15(14(20)7-11)21-17(24)10-6-16(23)22(9-10)13-3-1-2-12(19)8-13/h1-5,7-8,10H,6,9H2,(H,21,24). The number of rotatable bonds is 3. The predicted octanol–water partition coefficient (Wildman–Crippen LogP) is 4.75. The van der Waals surface area contributed by atoms with Crippen molar-refractivity contribution < 1.29 is 9.59 Å². The first-order chi connectivity index (χ1) is 11.4. The molecule has 1 atom stereocenters. The minimum atomic E-state index is -0.434. The molecule has 1 N–H and O–H groups in total. The maximum Gasteiger partial charge on any atom is 0.229 e. The van der Waals surface area contributed by atoms with Crippen LogP contribution >= 0.6 is 39.1 Å². The van der Waals surface area contributed by atoms with E-state index in [2.05, 4.69) is 21.2 Å². The Bertz CT molecular complexity index is 813. The van der Waals surface area contributed by atoms with E-state index in [1.165, 1.54) is 0 Å². The first-order valence-corrected chi connectivity index (χ1v) is 8.81. The molecular formula is C17H13BrCl2N2O2. The van der Waals surface area contributed by atoms with E-state index >= 15 is 0 Å². The molecular weight excluding hydrogens is 415 g/mol. The lowest BCUT2D eigenvalue weighted by Gasteiger charge is -2.17. The number of nitrogens with zero attached hydrogens (tertiary/aromatic N) is 1. The Morgan fingerprint density at radius 3 is 2.71 bits per heavy atom. The number of hydrogen-bond donors (Lipinski definition) is 1. The summed E-state index contributed by atoms with van der Waals surface area (Å²) < 4.78 is 0.827. The van der Waals surface area contributed by atoms with Crippen molar-refractivity contribution in [1.82, 2.24) is 0 Å². The fraction of sp³-hybridized carbons (Fsp3) is 0.176. The smallest absolute Gasteiger partial charge is 0.229 e. The van der Waals surface area contributed by atoms with Crippen LogP contribution < -0.4 is 10.2 Å². The van der Waals surface area contributed by atoms with E-state index in [1.54, 1.807) is 47.4 Å². The highest BCUT2D eigenvalue weighted by Crippen LogP contribution is 2.30. The van der Waals surface area contributed by atoms with E-state index < -0.39 is 5.92 Å². The summed E-state index contributed by atoms with van der Waals surface area (Å²) in [6.45, 7) is 0.319. The molecule has 124 valence electrons. The van der Waals surface area contributed by atoms with Crippen LogP contribution in [-0.4, -0.2) is 18.4 Å². The van der Waals surface area contributed by atoms with Gasteiger partial charge in [0.1, 0.15) is 0 Å². The normalized spacial score (nSPS) is 17.2. The van der Waals surface area contributed by atoms with Crippen LogP contribution in [0.2, 0.25) is 10.0 Å². The maximum atomic E-state index is 12.5. The Morgan fingerprint density at radius 1 is 1.21 bits per heavy atom. The second-order valence-electron chi connectivity index (χ2n) is 5.50. The average Bonchev–Trinajstić information content (AvgIpc) is 2.92. The zero-order valence-electron chi connectivity index (χ0n) is 12.4. The van der Waals surface area contributed by atoms with Gasteiger partial charge < -0.3 is 10.2 Å². The number of hydrogen-bond acceptors (Lipinski definition) is 2. The molecule has 0 saturated carbocycles. The molecule has 2 amide bonds. The van der Waals surface area contributed by atoms with Crippen molar-refractivity contribution in [2.75, 3.05) is 16.8 Å². The molecule has 1 aliphatic heterocycles. The first kappa shape index (κ1) is 17.3. The van der Waals surface area contributed by atoms with Gasteiger partial charge in [-0.1, -0.05) is 45.2 Å². The summed E-state index contributed by atoms with van der Waals surface area (Å²) in [6.07, 6.45) is 0.159. The largest absolute Gasteiger partial charge is 0.324 e. The number of anilines is 2. The van der Waals surface area contributed by atoms with Gasteiger partial charge in [0.05, 0.1) is 16.6 Å². The van der Waals surface area contributed by atoms with Crippen molar-refractivity contribution >= 4 is 62.3 Å². The van der Waals surface area contributed by atoms with Crippen LogP contribution in [0.5, 0.6) is 0 Å². The molecule has 0 bridgehead atoms. The summed E-state index contributed by atoms with van der Waals surface area (Å²) in [5, 5.41) is 3.78. The molecule has 0 radical (unpaired) electrons. The van der Waals surface area contributed by atoms with Crippen molar-refractivity contribution in [3.63, 3.8) is 0 Å². The lowest BCUT2D eigenvalue weighted by Crippen LogP contribution is -2.28. The number of benzene rings is 2. The summed E-state index contributed by atoms with van der Waals surface area (Å²) in [4.78, 5) is 26.3. The molecule has 24 heavy (non-hydrogen) atoms. The lowest BCUT2D eigenvalue weighted by molar-refractivity contribution is -0.122. The molecule has 0 aliphatic carbocycles. The Hall–Kier alpha value is -1.56. The molecule has 0 spiro atoms. The van der Waals surface area contributed by atoms with Crippen LogP contribution in [0.25, 0.3) is 0 Å². The van der Waals surface area contributed by atoms with Gasteiger partial charge in [0.25, 0.3) is 0 Å². The van der Waals surface area contributed by atoms with Gasteiger partial charge in [0.15, 0.2) is 0 Å². The summed E-state index contributed by atoms with van der Waals surface area (Å²) in [6, 6.07) is 12.2. The number of carbonyl (C=O) groups is 2. The second-order valence-corrected chi connectivity index (χ2v) is 7.26. The Labute approximate surface area is 157 Å². The van der Waals surface area contributed by atoms with Gasteiger partial charge in [0.2, 0.25) is 11.8 Å². The maximum absolute atomic E-state index is 12.5. The SMILES string of the molecule is O=C(Nc1ccc(Br)cc1Cl)C1CC(=O)N(c2cccc(Cl)c2)C1. The van der Waals surface area contributed by atoms with E-state index in [9.17, 15) is 9.59 Å². The van der Waals surface area contributed by atoms with E-state index in [4.69, 9.17) is 23.2 Å². The topological polar surface area (TPSA) is 49.4 Å². The highest BCUT2D eigenvalue weighted by atomic mass is 79.9. The highest BCUT2D eigenvalue weighted by Gasteiger charge is 2.35. The zero-order valence-corrected chi connectivity index (χ0v) is 15.5. The molecule has 1 heterocycles. The van der Waals surface area contributed by atoms with Crippen molar-refractivity contribution in [3.8, 4) is 0 Å². The van der Waals surface area contributed by atoms with Crippen molar-refractivity contribution in [1.29, 1.82) is 0 Å². The quantitative estimate of drug-likeness (QED) is 0.768. The molecule has 4 nitrogen and oxygen atoms in total. The van der Waals surface area contributed by atoms with Gasteiger partial charge in [-0.25, -0.2) is 0 Å². The Balaban J connectivity index is 1.72. The number of amides is 2. The van der Waals surface area contributed by atoms with Crippen molar-refractivity contribution in [2.45, 2.75) is 6.42 Å². The third-order valence-corrected chi connectivity index (χ3v) is 4.85. The monoisotopic (exact) mass is 426 g/mol. The van der Waals surface area contributed by atoms with E-state index in [0.717, 1.165) is 4.47 Å². The third kappa shape index (κ3) is 3.74.